The summed E-state index contributed by atoms with van der Waals surface area (Å²) in [5, 5.41) is 12.7. The van der Waals surface area contributed by atoms with Crippen LogP contribution in [-0.4, -0.2) is 41.0 Å². The SMILES string of the molecule is CC(C)Oc1cc(CCNC(=O)OC(C)(C)C)cc(CO)c1CCC(=O)OC(C)(C)C. The lowest BCUT2D eigenvalue weighted by atomic mass is 9.97. The van der Waals surface area contributed by atoms with E-state index in [1.165, 1.54) is 0 Å². The Morgan fingerprint density at radius 2 is 1.61 bits per heavy atom. The number of aliphatic hydroxyl groups is 1. The molecule has 0 fully saturated rings. The molecule has 176 valence electrons. The molecule has 7 heteroatoms. The van der Waals surface area contributed by atoms with Crippen LogP contribution in [0.4, 0.5) is 4.79 Å². The van der Waals surface area contributed by atoms with Gasteiger partial charge in [-0.05, 0) is 85.4 Å². The van der Waals surface area contributed by atoms with Gasteiger partial charge in [0.15, 0.2) is 0 Å². The van der Waals surface area contributed by atoms with Gasteiger partial charge in [-0.2, -0.15) is 0 Å². The van der Waals surface area contributed by atoms with E-state index in [1.54, 1.807) is 0 Å². The number of carbonyl (C=O) groups excluding carboxylic acids is 2. The third-order valence-corrected chi connectivity index (χ3v) is 3.98. The number of carbonyl (C=O) groups is 2. The van der Waals surface area contributed by atoms with Crippen molar-refractivity contribution in [3.05, 3.63) is 28.8 Å². The quantitative estimate of drug-likeness (QED) is 0.559. The van der Waals surface area contributed by atoms with Crippen molar-refractivity contribution in [3.63, 3.8) is 0 Å². The van der Waals surface area contributed by atoms with Crippen molar-refractivity contribution < 1.29 is 28.9 Å². The maximum Gasteiger partial charge on any atom is 0.407 e. The molecule has 0 bridgehead atoms. The summed E-state index contributed by atoms with van der Waals surface area (Å²) in [6, 6.07) is 3.79. The summed E-state index contributed by atoms with van der Waals surface area (Å²) in [6.45, 7) is 15.0. The summed E-state index contributed by atoms with van der Waals surface area (Å²) >= 11 is 0. The average Bonchev–Trinajstić information content (AvgIpc) is 2.56. The van der Waals surface area contributed by atoms with Gasteiger partial charge < -0.3 is 24.6 Å². The zero-order chi connectivity index (χ0) is 23.8. The molecule has 1 aromatic carbocycles. The first kappa shape index (κ1) is 26.8. The number of amides is 1. The predicted molar refractivity (Wildman–Crippen MR) is 120 cm³/mol. The maximum atomic E-state index is 12.2. The number of esters is 1. The van der Waals surface area contributed by atoms with Crippen LogP contribution in [0.5, 0.6) is 5.75 Å². The first-order valence-corrected chi connectivity index (χ1v) is 10.8. The molecule has 31 heavy (non-hydrogen) atoms. The summed E-state index contributed by atoms with van der Waals surface area (Å²) < 4.78 is 16.6. The van der Waals surface area contributed by atoms with Crippen LogP contribution in [0.1, 0.15) is 78.5 Å². The van der Waals surface area contributed by atoms with Gasteiger partial charge in [-0.25, -0.2) is 4.79 Å². The highest BCUT2D eigenvalue weighted by atomic mass is 16.6. The highest BCUT2D eigenvalue weighted by molar-refractivity contribution is 5.70. The molecule has 0 heterocycles. The minimum Gasteiger partial charge on any atom is -0.491 e. The Hall–Kier alpha value is -2.28. The van der Waals surface area contributed by atoms with Crippen LogP contribution in [0.25, 0.3) is 0 Å². The largest absolute Gasteiger partial charge is 0.491 e. The smallest absolute Gasteiger partial charge is 0.407 e. The number of nitrogens with one attached hydrogen (secondary N) is 1. The van der Waals surface area contributed by atoms with Gasteiger partial charge in [-0.15, -0.1) is 0 Å². The Labute approximate surface area is 186 Å². The van der Waals surface area contributed by atoms with Crippen molar-refractivity contribution in [2.75, 3.05) is 6.54 Å². The van der Waals surface area contributed by atoms with Crippen molar-refractivity contribution >= 4 is 12.1 Å². The van der Waals surface area contributed by atoms with Crippen LogP contribution >= 0.6 is 0 Å². The second-order valence-corrected chi connectivity index (χ2v) is 9.82. The lowest BCUT2D eigenvalue weighted by Crippen LogP contribution is -2.33. The molecule has 1 amide bonds. The molecule has 0 unspecified atom stereocenters. The van der Waals surface area contributed by atoms with Crippen molar-refractivity contribution in [1.29, 1.82) is 0 Å². The fraction of sp³-hybridized carbons (Fsp3) is 0.667. The average molecular weight is 438 g/mol. The second-order valence-electron chi connectivity index (χ2n) is 9.82. The Kier molecular flexibility index (Phi) is 9.81. The van der Waals surface area contributed by atoms with E-state index in [-0.39, 0.29) is 25.1 Å². The van der Waals surface area contributed by atoms with Crippen LogP contribution in [0.15, 0.2) is 12.1 Å². The molecule has 0 aliphatic carbocycles. The van der Waals surface area contributed by atoms with Gasteiger partial charge in [0.05, 0.1) is 12.7 Å². The molecule has 0 atom stereocenters. The number of alkyl carbamates (subject to hydrolysis) is 1. The standard InChI is InChI=1S/C24H39NO6/c1-16(2)29-20-14-17(11-12-25-22(28)31-24(6,7)8)13-18(15-26)19(20)9-10-21(27)30-23(3,4)5/h13-14,16,26H,9-12,15H2,1-8H3,(H,25,28). The number of ether oxygens (including phenoxy) is 3. The minimum absolute atomic E-state index is 0.0676. The van der Waals surface area contributed by atoms with E-state index >= 15 is 0 Å². The van der Waals surface area contributed by atoms with Crippen LogP contribution < -0.4 is 10.1 Å². The highest BCUT2D eigenvalue weighted by Gasteiger charge is 2.19. The molecule has 0 spiro atoms. The zero-order valence-corrected chi connectivity index (χ0v) is 20.3. The van der Waals surface area contributed by atoms with Gasteiger partial charge in [0.1, 0.15) is 17.0 Å². The third-order valence-electron chi connectivity index (χ3n) is 3.98. The second kappa shape index (κ2) is 11.4. The van der Waals surface area contributed by atoms with Crippen LogP contribution in [0.3, 0.4) is 0 Å². The Bertz CT molecular complexity index is 744. The van der Waals surface area contributed by atoms with E-state index in [1.807, 2.05) is 67.5 Å². The highest BCUT2D eigenvalue weighted by Crippen LogP contribution is 2.28. The van der Waals surface area contributed by atoms with E-state index in [4.69, 9.17) is 14.2 Å². The third kappa shape index (κ3) is 11.1. The molecule has 7 nitrogen and oxygen atoms in total. The van der Waals surface area contributed by atoms with E-state index < -0.39 is 17.3 Å². The van der Waals surface area contributed by atoms with Crippen molar-refractivity contribution in [1.82, 2.24) is 5.32 Å². The molecular formula is C24H39NO6. The zero-order valence-electron chi connectivity index (χ0n) is 20.3. The first-order chi connectivity index (χ1) is 14.2. The van der Waals surface area contributed by atoms with E-state index in [9.17, 15) is 14.7 Å². The number of aliphatic hydroxyl groups excluding tert-OH is 1. The number of rotatable bonds is 9. The molecule has 0 aliphatic rings. The van der Waals surface area contributed by atoms with Crippen LogP contribution in [0, 0.1) is 0 Å². The molecule has 0 aromatic heterocycles. The molecule has 0 aliphatic heterocycles. The van der Waals surface area contributed by atoms with Crippen molar-refractivity contribution in [2.24, 2.45) is 0 Å². The monoisotopic (exact) mass is 437 g/mol. The Morgan fingerprint density at radius 3 is 2.13 bits per heavy atom. The van der Waals surface area contributed by atoms with E-state index in [0.717, 1.165) is 11.1 Å². The number of hydrogen-bond acceptors (Lipinski definition) is 6. The van der Waals surface area contributed by atoms with Crippen LogP contribution in [-0.2, 0) is 33.7 Å². The number of hydrogen-bond donors (Lipinski definition) is 2. The van der Waals surface area contributed by atoms with Gasteiger partial charge in [0.25, 0.3) is 0 Å². The molecule has 0 radical (unpaired) electrons. The van der Waals surface area contributed by atoms with Crippen molar-refractivity contribution in [3.8, 4) is 5.75 Å². The Morgan fingerprint density at radius 1 is 1.00 bits per heavy atom. The maximum absolute atomic E-state index is 12.2. The molecule has 0 saturated heterocycles. The summed E-state index contributed by atoms with van der Waals surface area (Å²) in [7, 11) is 0. The summed E-state index contributed by atoms with van der Waals surface area (Å²) in [5.41, 5.74) is 1.32. The van der Waals surface area contributed by atoms with Gasteiger partial charge in [0, 0.05) is 18.5 Å². The van der Waals surface area contributed by atoms with Gasteiger partial charge in [-0.3, -0.25) is 4.79 Å². The molecule has 0 saturated carbocycles. The predicted octanol–water partition coefficient (Wildman–Crippen LogP) is 4.31. The van der Waals surface area contributed by atoms with Crippen molar-refractivity contribution in [2.45, 2.75) is 98.6 Å². The summed E-state index contributed by atoms with van der Waals surface area (Å²) in [5.74, 6) is 0.343. The van der Waals surface area contributed by atoms with E-state index in [2.05, 4.69) is 5.32 Å². The minimum atomic E-state index is -0.553. The summed E-state index contributed by atoms with van der Waals surface area (Å²) in [6.07, 6.45) is 0.610. The molecule has 1 rings (SSSR count). The summed E-state index contributed by atoms with van der Waals surface area (Å²) in [4.78, 5) is 24.0. The molecular weight excluding hydrogens is 398 g/mol. The lowest BCUT2D eigenvalue weighted by Gasteiger charge is -2.21. The van der Waals surface area contributed by atoms with Gasteiger partial charge in [0.2, 0.25) is 0 Å². The fourth-order valence-electron chi connectivity index (χ4n) is 2.94. The Balaban J connectivity index is 2.94. The van der Waals surface area contributed by atoms with Gasteiger partial charge in [-0.1, -0.05) is 6.07 Å². The van der Waals surface area contributed by atoms with Crippen LogP contribution in [0.2, 0.25) is 0 Å². The lowest BCUT2D eigenvalue weighted by molar-refractivity contribution is -0.154. The van der Waals surface area contributed by atoms with E-state index in [0.29, 0.717) is 30.7 Å². The molecule has 2 N–H and O–H groups in total. The number of benzene rings is 1. The van der Waals surface area contributed by atoms with Gasteiger partial charge >= 0.3 is 12.1 Å². The normalized spacial score (nSPS) is 11.9. The topological polar surface area (TPSA) is 94.1 Å². The molecule has 1 aromatic rings. The fourth-order valence-corrected chi connectivity index (χ4v) is 2.94. The first-order valence-electron chi connectivity index (χ1n) is 10.8.